The Labute approximate surface area is 128 Å². The second-order valence-electron chi connectivity index (χ2n) is 4.91. The molecule has 0 bridgehead atoms. The lowest BCUT2D eigenvalue weighted by atomic mass is 10.0. The minimum atomic E-state index is 0.0888. The van der Waals surface area contributed by atoms with Crippen LogP contribution < -0.4 is 5.32 Å². The Morgan fingerprint density at radius 2 is 1.95 bits per heavy atom. The molecule has 2 rings (SSSR count). The van der Waals surface area contributed by atoms with Crippen LogP contribution in [0.4, 0.5) is 0 Å². The molecule has 1 N–H and O–H groups in total. The third-order valence-electron chi connectivity index (χ3n) is 2.95. The fraction of sp³-hybridized carbons (Fsp3) is 0.312. The van der Waals surface area contributed by atoms with Gasteiger partial charge in [-0.2, -0.15) is 0 Å². The molecule has 0 saturated heterocycles. The van der Waals surface area contributed by atoms with Crippen molar-refractivity contribution in [1.82, 2.24) is 5.32 Å². The number of amides is 1. The monoisotopic (exact) mass is 305 g/mol. The van der Waals surface area contributed by atoms with E-state index in [0.29, 0.717) is 11.7 Å². The van der Waals surface area contributed by atoms with E-state index in [9.17, 15) is 4.79 Å². The van der Waals surface area contributed by atoms with E-state index in [-0.39, 0.29) is 11.9 Å². The van der Waals surface area contributed by atoms with Crippen LogP contribution in [0, 0.1) is 5.92 Å². The van der Waals surface area contributed by atoms with Gasteiger partial charge >= 0.3 is 0 Å². The summed E-state index contributed by atoms with van der Waals surface area (Å²) in [5, 5.41) is 5.19. The van der Waals surface area contributed by atoms with E-state index in [1.54, 1.807) is 23.1 Å². The quantitative estimate of drug-likeness (QED) is 0.804. The van der Waals surface area contributed by atoms with Crippen LogP contribution >= 0.6 is 23.1 Å². The Kier molecular flexibility index (Phi) is 5.68. The molecule has 106 valence electrons. The lowest BCUT2D eigenvalue weighted by Gasteiger charge is -2.21. The number of nitrogens with one attached hydrogen (secondary N) is 1. The van der Waals surface area contributed by atoms with Crippen molar-refractivity contribution in [3.63, 3.8) is 0 Å². The lowest BCUT2D eigenvalue weighted by Crippen LogP contribution is -2.32. The van der Waals surface area contributed by atoms with E-state index in [1.165, 1.54) is 4.88 Å². The fourth-order valence-electron chi connectivity index (χ4n) is 1.92. The van der Waals surface area contributed by atoms with E-state index < -0.39 is 0 Å². The fourth-order valence-corrected chi connectivity index (χ4v) is 3.60. The zero-order valence-electron chi connectivity index (χ0n) is 11.7. The van der Waals surface area contributed by atoms with Crippen molar-refractivity contribution in [2.24, 2.45) is 5.92 Å². The van der Waals surface area contributed by atoms with Gasteiger partial charge in [-0.25, -0.2) is 0 Å². The number of hydrogen-bond donors (Lipinski definition) is 1. The summed E-state index contributed by atoms with van der Waals surface area (Å²) in [4.78, 5) is 14.4. The van der Waals surface area contributed by atoms with Crippen LogP contribution in [0.3, 0.4) is 0 Å². The summed E-state index contributed by atoms with van der Waals surface area (Å²) >= 11 is 3.27. The molecule has 20 heavy (non-hydrogen) atoms. The summed E-state index contributed by atoms with van der Waals surface area (Å²) in [7, 11) is 0. The Bertz CT molecular complexity index is 523. The SMILES string of the molecule is CC(C)[C@@H](NC(=O)CSc1ccccc1)c1cccs1. The second-order valence-corrected chi connectivity index (χ2v) is 6.93. The normalized spacial score (nSPS) is 12.3. The molecule has 0 aliphatic heterocycles. The van der Waals surface area contributed by atoms with Crippen LogP contribution in [0.5, 0.6) is 0 Å². The van der Waals surface area contributed by atoms with Crippen molar-refractivity contribution >= 4 is 29.0 Å². The van der Waals surface area contributed by atoms with Gasteiger partial charge in [-0.1, -0.05) is 38.1 Å². The molecular formula is C16H19NOS2. The summed E-state index contributed by atoms with van der Waals surface area (Å²) < 4.78 is 0. The van der Waals surface area contributed by atoms with Gasteiger partial charge in [0.05, 0.1) is 11.8 Å². The highest BCUT2D eigenvalue weighted by atomic mass is 32.2. The topological polar surface area (TPSA) is 29.1 Å². The number of hydrogen-bond acceptors (Lipinski definition) is 3. The first-order chi connectivity index (χ1) is 9.66. The highest BCUT2D eigenvalue weighted by Gasteiger charge is 2.19. The Morgan fingerprint density at radius 1 is 1.20 bits per heavy atom. The van der Waals surface area contributed by atoms with Crippen molar-refractivity contribution in [3.05, 3.63) is 52.7 Å². The van der Waals surface area contributed by atoms with Crippen LogP contribution in [-0.4, -0.2) is 11.7 Å². The Balaban J connectivity index is 1.89. The average molecular weight is 305 g/mol. The van der Waals surface area contributed by atoms with Crippen molar-refractivity contribution in [3.8, 4) is 0 Å². The molecule has 0 aliphatic carbocycles. The van der Waals surface area contributed by atoms with Gasteiger partial charge in [-0.3, -0.25) is 4.79 Å². The molecule has 0 radical (unpaired) electrons. The van der Waals surface area contributed by atoms with E-state index >= 15 is 0 Å². The molecule has 0 unspecified atom stereocenters. The molecule has 2 nitrogen and oxygen atoms in total. The molecule has 1 aromatic carbocycles. The first-order valence-corrected chi connectivity index (χ1v) is 8.54. The molecule has 0 spiro atoms. The number of carbonyl (C=O) groups is 1. The largest absolute Gasteiger partial charge is 0.347 e. The van der Waals surface area contributed by atoms with Gasteiger partial charge < -0.3 is 5.32 Å². The van der Waals surface area contributed by atoms with E-state index in [1.807, 2.05) is 36.4 Å². The third-order valence-corrected chi connectivity index (χ3v) is 4.91. The Morgan fingerprint density at radius 3 is 2.55 bits per heavy atom. The molecular weight excluding hydrogens is 286 g/mol. The first-order valence-electron chi connectivity index (χ1n) is 6.67. The maximum absolute atomic E-state index is 12.1. The number of thiophene rings is 1. The van der Waals surface area contributed by atoms with E-state index in [2.05, 4.69) is 30.6 Å². The average Bonchev–Trinajstić information content (AvgIpc) is 2.97. The highest BCUT2D eigenvalue weighted by molar-refractivity contribution is 8.00. The maximum atomic E-state index is 12.1. The number of thioether (sulfide) groups is 1. The molecule has 1 atom stereocenters. The second kappa shape index (κ2) is 7.50. The van der Waals surface area contributed by atoms with E-state index in [0.717, 1.165) is 4.90 Å². The zero-order valence-corrected chi connectivity index (χ0v) is 13.3. The third kappa shape index (κ3) is 4.39. The van der Waals surface area contributed by atoms with Gasteiger partial charge in [0, 0.05) is 9.77 Å². The van der Waals surface area contributed by atoms with Crippen LogP contribution in [0.2, 0.25) is 0 Å². The summed E-state index contributed by atoms with van der Waals surface area (Å²) in [5.41, 5.74) is 0. The zero-order chi connectivity index (χ0) is 14.4. The molecule has 4 heteroatoms. The van der Waals surface area contributed by atoms with Crippen molar-refractivity contribution in [1.29, 1.82) is 0 Å². The number of rotatable bonds is 6. The minimum Gasteiger partial charge on any atom is -0.347 e. The van der Waals surface area contributed by atoms with Crippen LogP contribution in [-0.2, 0) is 4.79 Å². The van der Waals surface area contributed by atoms with Gasteiger partial charge in [0.2, 0.25) is 5.91 Å². The van der Waals surface area contributed by atoms with E-state index in [4.69, 9.17) is 0 Å². The molecule has 1 amide bonds. The van der Waals surface area contributed by atoms with Crippen molar-refractivity contribution < 1.29 is 4.79 Å². The van der Waals surface area contributed by atoms with Crippen molar-refractivity contribution in [2.45, 2.75) is 24.8 Å². The van der Waals surface area contributed by atoms with Gasteiger partial charge in [-0.15, -0.1) is 23.1 Å². The lowest BCUT2D eigenvalue weighted by molar-refractivity contribution is -0.119. The summed E-state index contributed by atoms with van der Waals surface area (Å²) in [6.45, 7) is 4.27. The molecule has 0 aliphatic rings. The summed E-state index contributed by atoms with van der Waals surface area (Å²) in [6.07, 6.45) is 0. The summed E-state index contributed by atoms with van der Waals surface area (Å²) in [5.74, 6) is 0.934. The number of carbonyl (C=O) groups excluding carboxylic acids is 1. The smallest absolute Gasteiger partial charge is 0.230 e. The molecule has 0 saturated carbocycles. The van der Waals surface area contributed by atoms with Crippen molar-refractivity contribution in [2.75, 3.05) is 5.75 Å². The minimum absolute atomic E-state index is 0.0888. The van der Waals surface area contributed by atoms with Crippen LogP contribution in [0.25, 0.3) is 0 Å². The predicted molar refractivity (Wildman–Crippen MR) is 87.2 cm³/mol. The summed E-state index contributed by atoms with van der Waals surface area (Å²) in [6, 6.07) is 14.2. The van der Waals surface area contributed by atoms with Gasteiger partial charge in [0.25, 0.3) is 0 Å². The first kappa shape index (κ1) is 15.1. The number of benzene rings is 1. The molecule has 1 aromatic heterocycles. The van der Waals surface area contributed by atoms with Gasteiger partial charge in [0.1, 0.15) is 0 Å². The van der Waals surface area contributed by atoms with Crippen LogP contribution in [0.15, 0.2) is 52.7 Å². The standard InChI is InChI=1S/C16H19NOS2/c1-12(2)16(14-9-6-10-19-14)17-15(18)11-20-13-7-4-3-5-8-13/h3-10,12,16H,11H2,1-2H3,(H,17,18)/t16-/m1/s1. The molecule has 2 aromatic rings. The molecule has 1 heterocycles. The van der Waals surface area contributed by atoms with Crippen LogP contribution in [0.1, 0.15) is 24.8 Å². The highest BCUT2D eigenvalue weighted by Crippen LogP contribution is 2.26. The predicted octanol–water partition coefficient (Wildman–Crippen LogP) is 4.35. The Hall–Kier alpha value is -1.26. The van der Waals surface area contributed by atoms with Gasteiger partial charge in [0.15, 0.2) is 0 Å². The maximum Gasteiger partial charge on any atom is 0.230 e. The molecule has 0 fully saturated rings. The van der Waals surface area contributed by atoms with Gasteiger partial charge in [-0.05, 0) is 29.5 Å².